The lowest BCUT2D eigenvalue weighted by molar-refractivity contribution is 0.296. The molecule has 1 aliphatic rings. The monoisotopic (exact) mass is 257 g/mol. The van der Waals surface area contributed by atoms with E-state index in [1.54, 1.807) is 0 Å². The van der Waals surface area contributed by atoms with Crippen LogP contribution in [0.1, 0.15) is 31.2 Å². The lowest BCUT2D eigenvalue weighted by Crippen LogP contribution is -2.43. The van der Waals surface area contributed by atoms with Gasteiger partial charge < -0.3 is 9.84 Å². The van der Waals surface area contributed by atoms with E-state index < -0.39 is 0 Å². The number of hydrogen-bond acceptors (Lipinski definition) is 4. The summed E-state index contributed by atoms with van der Waals surface area (Å²) in [5.41, 5.74) is 2.35. The maximum absolute atomic E-state index is 5.31. The zero-order chi connectivity index (χ0) is 13.2. The number of rotatable bonds is 4. The Kier molecular flexibility index (Phi) is 3.34. The van der Waals surface area contributed by atoms with Crippen molar-refractivity contribution in [2.45, 2.75) is 26.2 Å². The maximum Gasteiger partial charge on any atom is 0.227 e. The molecule has 1 N–H and O–H groups in total. The molecule has 1 fully saturated rings. The minimum atomic E-state index is 0.543. The molecule has 0 amide bonds. The molecular formula is C15H19N3O. The van der Waals surface area contributed by atoms with E-state index in [-0.39, 0.29) is 0 Å². The van der Waals surface area contributed by atoms with Gasteiger partial charge in [-0.3, -0.25) is 0 Å². The minimum absolute atomic E-state index is 0.543. The van der Waals surface area contributed by atoms with Gasteiger partial charge in [0.1, 0.15) is 0 Å². The molecule has 1 aromatic heterocycles. The summed E-state index contributed by atoms with van der Waals surface area (Å²) in [6.45, 7) is 6.49. The van der Waals surface area contributed by atoms with Crippen LogP contribution < -0.4 is 5.32 Å². The van der Waals surface area contributed by atoms with Crippen molar-refractivity contribution in [3.63, 3.8) is 0 Å². The third-order valence-corrected chi connectivity index (χ3v) is 3.63. The van der Waals surface area contributed by atoms with Crippen LogP contribution in [-0.4, -0.2) is 23.2 Å². The Hall–Kier alpha value is -1.68. The molecule has 3 rings (SSSR count). The first-order valence-corrected chi connectivity index (χ1v) is 6.86. The van der Waals surface area contributed by atoms with Crippen molar-refractivity contribution in [2.24, 2.45) is 5.92 Å². The number of benzene rings is 1. The van der Waals surface area contributed by atoms with E-state index in [9.17, 15) is 0 Å². The van der Waals surface area contributed by atoms with E-state index in [1.165, 1.54) is 5.56 Å². The third kappa shape index (κ3) is 2.68. The predicted molar refractivity (Wildman–Crippen MR) is 73.9 cm³/mol. The Morgan fingerprint density at radius 2 is 2.00 bits per heavy atom. The van der Waals surface area contributed by atoms with E-state index in [4.69, 9.17) is 4.52 Å². The van der Waals surface area contributed by atoms with Crippen LogP contribution in [0.2, 0.25) is 0 Å². The van der Waals surface area contributed by atoms with Gasteiger partial charge in [-0.25, -0.2) is 0 Å². The fraction of sp³-hybridized carbons (Fsp3) is 0.467. The summed E-state index contributed by atoms with van der Waals surface area (Å²) in [7, 11) is 0. The van der Waals surface area contributed by atoms with Crippen molar-refractivity contribution in [1.82, 2.24) is 15.5 Å². The number of aromatic nitrogens is 2. The molecule has 100 valence electrons. The average Bonchev–Trinajstić information content (AvgIpc) is 2.82. The van der Waals surface area contributed by atoms with E-state index in [0.717, 1.165) is 31.0 Å². The second-order valence-electron chi connectivity index (χ2n) is 5.52. The zero-order valence-corrected chi connectivity index (χ0v) is 11.4. The molecule has 0 bridgehead atoms. The van der Waals surface area contributed by atoms with Gasteiger partial charge in [0.15, 0.2) is 0 Å². The van der Waals surface area contributed by atoms with Crippen LogP contribution in [0.5, 0.6) is 0 Å². The summed E-state index contributed by atoms with van der Waals surface area (Å²) in [6, 6.07) is 8.39. The van der Waals surface area contributed by atoms with Gasteiger partial charge in [0.2, 0.25) is 11.7 Å². The van der Waals surface area contributed by atoms with E-state index >= 15 is 0 Å². The van der Waals surface area contributed by atoms with Gasteiger partial charge in [0.25, 0.3) is 0 Å². The lowest BCUT2D eigenvalue weighted by atomic mass is 9.99. The van der Waals surface area contributed by atoms with E-state index in [1.807, 2.05) is 0 Å². The highest BCUT2D eigenvalue weighted by Crippen LogP contribution is 2.21. The highest BCUT2D eigenvalue weighted by atomic mass is 16.5. The van der Waals surface area contributed by atoms with Crippen LogP contribution in [0.15, 0.2) is 28.8 Å². The van der Waals surface area contributed by atoms with E-state index in [0.29, 0.717) is 17.7 Å². The van der Waals surface area contributed by atoms with Crippen LogP contribution >= 0.6 is 0 Å². The van der Waals surface area contributed by atoms with Gasteiger partial charge in [-0.2, -0.15) is 4.98 Å². The van der Waals surface area contributed by atoms with Gasteiger partial charge in [0.05, 0.1) is 0 Å². The molecular weight excluding hydrogens is 238 g/mol. The third-order valence-electron chi connectivity index (χ3n) is 3.63. The molecule has 0 radical (unpaired) electrons. The summed E-state index contributed by atoms with van der Waals surface area (Å²) in [4.78, 5) is 4.47. The molecule has 2 heterocycles. The number of nitrogens with one attached hydrogen (secondary N) is 1. The molecule has 2 aromatic rings. The first-order chi connectivity index (χ1) is 9.22. The molecule has 0 saturated carbocycles. The molecule has 19 heavy (non-hydrogen) atoms. The Balaban J connectivity index is 1.74. The second-order valence-corrected chi connectivity index (χ2v) is 5.52. The molecule has 4 nitrogen and oxygen atoms in total. The fourth-order valence-electron chi connectivity index (χ4n) is 2.21. The SMILES string of the molecule is CC(C)c1ccc(-c2noc(CC3CNC3)n2)cc1. The van der Waals surface area contributed by atoms with Gasteiger partial charge in [0, 0.05) is 12.0 Å². The van der Waals surface area contributed by atoms with Crippen LogP contribution in [0.3, 0.4) is 0 Å². The molecule has 0 aliphatic carbocycles. The Bertz CT molecular complexity index is 541. The Morgan fingerprint density at radius 3 is 2.58 bits per heavy atom. The van der Waals surface area contributed by atoms with Crippen LogP contribution in [0.25, 0.3) is 11.4 Å². The van der Waals surface area contributed by atoms with Gasteiger partial charge in [-0.15, -0.1) is 0 Å². The second kappa shape index (κ2) is 5.13. The minimum Gasteiger partial charge on any atom is -0.339 e. The van der Waals surface area contributed by atoms with Crippen LogP contribution in [0, 0.1) is 5.92 Å². The summed E-state index contributed by atoms with van der Waals surface area (Å²) in [6.07, 6.45) is 0.879. The average molecular weight is 257 g/mol. The van der Waals surface area contributed by atoms with Crippen LogP contribution in [0.4, 0.5) is 0 Å². The number of hydrogen-bond donors (Lipinski definition) is 1. The van der Waals surface area contributed by atoms with Crippen molar-refractivity contribution >= 4 is 0 Å². The lowest BCUT2D eigenvalue weighted by Gasteiger charge is -2.25. The fourth-order valence-corrected chi connectivity index (χ4v) is 2.21. The van der Waals surface area contributed by atoms with Crippen molar-refractivity contribution in [1.29, 1.82) is 0 Å². The van der Waals surface area contributed by atoms with Gasteiger partial charge in [-0.1, -0.05) is 43.3 Å². The molecule has 1 aliphatic heterocycles. The largest absolute Gasteiger partial charge is 0.339 e. The van der Waals surface area contributed by atoms with Crippen molar-refractivity contribution in [3.8, 4) is 11.4 Å². The zero-order valence-electron chi connectivity index (χ0n) is 11.4. The maximum atomic E-state index is 5.31. The molecule has 0 atom stereocenters. The first-order valence-electron chi connectivity index (χ1n) is 6.86. The molecule has 0 spiro atoms. The highest BCUT2D eigenvalue weighted by Gasteiger charge is 2.20. The molecule has 1 saturated heterocycles. The first kappa shape index (κ1) is 12.4. The smallest absolute Gasteiger partial charge is 0.227 e. The number of nitrogens with zero attached hydrogens (tertiary/aromatic N) is 2. The summed E-state index contributed by atoms with van der Waals surface area (Å²) >= 11 is 0. The quantitative estimate of drug-likeness (QED) is 0.914. The van der Waals surface area contributed by atoms with Gasteiger partial charge in [-0.05, 0) is 30.5 Å². The van der Waals surface area contributed by atoms with Crippen molar-refractivity contribution in [2.75, 3.05) is 13.1 Å². The van der Waals surface area contributed by atoms with Crippen molar-refractivity contribution < 1.29 is 4.52 Å². The molecule has 4 heteroatoms. The standard InChI is InChI=1S/C15H19N3O/c1-10(2)12-3-5-13(6-4-12)15-17-14(19-18-15)7-11-8-16-9-11/h3-6,10-11,16H,7-9H2,1-2H3. The summed E-state index contributed by atoms with van der Waals surface area (Å²) < 4.78 is 5.31. The Labute approximate surface area is 113 Å². The highest BCUT2D eigenvalue weighted by molar-refractivity contribution is 5.54. The molecule has 0 unspecified atom stereocenters. The van der Waals surface area contributed by atoms with Crippen LogP contribution in [-0.2, 0) is 6.42 Å². The molecule has 1 aromatic carbocycles. The summed E-state index contributed by atoms with van der Waals surface area (Å²) in [5.74, 6) is 2.63. The van der Waals surface area contributed by atoms with Gasteiger partial charge >= 0.3 is 0 Å². The normalized spacial score (nSPS) is 15.7. The van der Waals surface area contributed by atoms with Crippen molar-refractivity contribution in [3.05, 3.63) is 35.7 Å². The van der Waals surface area contributed by atoms with E-state index in [2.05, 4.69) is 53.6 Å². The Morgan fingerprint density at radius 1 is 1.26 bits per heavy atom. The summed E-state index contributed by atoms with van der Waals surface area (Å²) in [5, 5.41) is 7.31. The topological polar surface area (TPSA) is 51.0 Å². The predicted octanol–water partition coefficient (Wildman–Crippen LogP) is 2.62.